The van der Waals surface area contributed by atoms with Crippen molar-refractivity contribution in [3.8, 4) is 22.4 Å². The number of benzene rings is 3. The highest BCUT2D eigenvalue weighted by Gasteiger charge is 2.18. The molecule has 26 heavy (non-hydrogen) atoms. The monoisotopic (exact) mass is 344 g/mol. The molecule has 0 saturated heterocycles. The third kappa shape index (κ3) is 2.21. The fraction of sp³-hybridized carbons (Fsp3) is 0. The van der Waals surface area contributed by atoms with Crippen molar-refractivity contribution in [1.29, 1.82) is 0 Å². The van der Waals surface area contributed by atoms with E-state index in [-0.39, 0.29) is 16.7 Å². The van der Waals surface area contributed by atoms with Gasteiger partial charge in [-0.2, -0.15) is 0 Å². The van der Waals surface area contributed by atoms with Crippen LogP contribution in [-0.2, 0) is 0 Å². The maximum absolute atomic E-state index is 15.1. The first-order valence-electron chi connectivity index (χ1n) is 10.5. The van der Waals surface area contributed by atoms with Gasteiger partial charge in [-0.3, -0.25) is 4.98 Å². The lowest BCUT2D eigenvalue weighted by atomic mass is 10.0. The quantitative estimate of drug-likeness (QED) is 0.367. The zero-order valence-electron chi connectivity index (χ0n) is 18.4. The van der Waals surface area contributed by atoms with Crippen LogP contribution in [0.15, 0.2) is 89.4 Å². The van der Waals surface area contributed by atoms with Crippen LogP contribution in [-0.4, -0.2) is 4.98 Å². The Balaban J connectivity index is 1.92. The van der Waals surface area contributed by atoms with E-state index in [0.29, 0.717) is 22.0 Å². The molecule has 0 bridgehead atoms. The Morgan fingerprint density at radius 3 is 2.38 bits per heavy atom. The van der Waals surface area contributed by atoms with Crippen molar-refractivity contribution >= 4 is 21.9 Å². The highest BCUT2D eigenvalue weighted by Crippen LogP contribution is 2.39. The summed E-state index contributed by atoms with van der Waals surface area (Å²) in [6.45, 7) is 0. The molecular formula is C23H14FNO. The number of hydrogen-bond acceptors (Lipinski definition) is 2. The van der Waals surface area contributed by atoms with Crippen molar-refractivity contribution in [1.82, 2.24) is 4.98 Å². The fourth-order valence-electron chi connectivity index (χ4n) is 3.15. The van der Waals surface area contributed by atoms with Gasteiger partial charge in [-0.15, -0.1) is 0 Å². The van der Waals surface area contributed by atoms with Crippen LogP contribution in [0.3, 0.4) is 0 Å². The highest BCUT2D eigenvalue weighted by atomic mass is 19.1. The lowest BCUT2D eigenvalue weighted by Gasteiger charge is -2.04. The molecule has 0 unspecified atom stereocenters. The summed E-state index contributed by atoms with van der Waals surface area (Å²) < 4.78 is 61.4. The summed E-state index contributed by atoms with van der Waals surface area (Å²) in [4.78, 5) is 4.43. The van der Waals surface area contributed by atoms with Crippen LogP contribution in [0, 0.1) is 5.82 Å². The SMILES string of the molecule is [2H]c1c([2H])c([2H])c(-c2c(F)ccc3c2oc2c(-c4ccccc4)nccc23)c([2H])c1[2H]. The first kappa shape index (κ1) is 10.5. The molecule has 0 fully saturated rings. The smallest absolute Gasteiger partial charge is 0.161 e. The zero-order chi connectivity index (χ0) is 21.9. The average molecular weight is 344 g/mol. The van der Waals surface area contributed by atoms with Crippen molar-refractivity contribution < 1.29 is 15.7 Å². The maximum atomic E-state index is 15.1. The number of rotatable bonds is 2. The molecule has 0 aliphatic carbocycles. The molecule has 5 aromatic rings. The van der Waals surface area contributed by atoms with Gasteiger partial charge in [0.05, 0.1) is 12.4 Å². The summed E-state index contributed by atoms with van der Waals surface area (Å²) in [6.07, 6.45) is 1.63. The lowest BCUT2D eigenvalue weighted by Crippen LogP contribution is -1.84. The molecule has 0 saturated carbocycles. The molecule has 0 aliphatic rings. The van der Waals surface area contributed by atoms with Crippen LogP contribution in [0.5, 0.6) is 0 Å². The molecule has 2 aromatic heterocycles. The Morgan fingerprint density at radius 2 is 1.58 bits per heavy atom. The molecule has 2 nitrogen and oxygen atoms in total. The largest absolute Gasteiger partial charge is 0.453 e. The first-order valence-corrected chi connectivity index (χ1v) is 8.02. The van der Waals surface area contributed by atoms with E-state index in [1.54, 1.807) is 18.3 Å². The van der Waals surface area contributed by atoms with Gasteiger partial charge >= 0.3 is 0 Å². The summed E-state index contributed by atoms with van der Waals surface area (Å²) in [5.74, 6) is -0.737. The Labute approximate surface area is 156 Å². The molecule has 0 N–H and O–H groups in total. The van der Waals surface area contributed by atoms with Crippen LogP contribution in [0.25, 0.3) is 44.3 Å². The van der Waals surface area contributed by atoms with Crippen molar-refractivity contribution in [3.63, 3.8) is 0 Å². The van der Waals surface area contributed by atoms with E-state index in [4.69, 9.17) is 11.3 Å². The van der Waals surface area contributed by atoms with E-state index in [0.717, 1.165) is 5.56 Å². The van der Waals surface area contributed by atoms with Crippen molar-refractivity contribution in [2.75, 3.05) is 0 Å². The summed E-state index contributed by atoms with van der Waals surface area (Å²) >= 11 is 0. The van der Waals surface area contributed by atoms with Gasteiger partial charge in [-0.1, -0.05) is 60.5 Å². The van der Waals surface area contributed by atoms with Crippen LogP contribution in [0.2, 0.25) is 0 Å². The van der Waals surface area contributed by atoms with E-state index in [2.05, 4.69) is 4.98 Å². The molecular weight excluding hydrogens is 325 g/mol. The number of halogens is 1. The van der Waals surface area contributed by atoms with Gasteiger partial charge in [0.15, 0.2) is 5.58 Å². The molecule has 3 aromatic carbocycles. The second kappa shape index (κ2) is 5.81. The third-order valence-electron chi connectivity index (χ3n) is 4.30. The predicted molar refractivity (Wildman–Crippen MR) is 102 cm³/mol. The molecule has 0 radical (unpaired) electrons. The second-order valence-corrected chi connectivity index (χ2v) is 5.80. The average Bonchev–Trinajstić information content (AvgIpc) is 3.17. The minimum Gasteiger partial charge on any atom is -0.453 e. The minimum absolute atomic E-state index is 0.110. The lowest BCUT2D eigenvalue weighted by molar-refractivity contribution is 0.622. The molecule has 0 atom stereocenters. The second-order valence-electron chi connectivity index (χ2n) is 5.80. The Bertz CT molecular complexity index is 1470. The predicted octanol–water partition coefficient (Wildman–Crippen LogP) is 6.45. The van der Waals surface area contributed by atoms with E-state index in [9.17, 15) is 0 Å². The van der Waals surface area contributed by atoms with Crippen molar-refractivity contribution in [2.24, 2.45) is 0 Å². The maximum Gasteiger partial charge on any atom is 0.161 e. The van der Waals surface area contributed by atoms with E-state index >= 15 is 4.39 Å². The van der Waals surface area contributed by atoms with Gasteiger partial charge < -0.3 is 4.42 Å². The molecule has 2 heterocycles. The molecule has 5 rings (SSSR count). The van der Waals surface area contributed by atoms with Crippen LogP contribution < -0.4 is 0 Å². The van der Waals surface area contributed by atoms with Gasteiger partial charge in [-0.25, -0.2) is 4.39 Å². The van der Waals surface area contributed by atoms with E-state index < -0.39 is 36.0 Å². The topological polar surface area (TPSA) is 26.0 Å². The molecule has 0 spiro atoms. The van der Waals surface area contributed by atoms with E-state index in [1.807, 2.05) is 30.3 Å². The third-order valence-corrected chi connectivity index (χ3v) is 4.30. The Hall–Kier alpha value is -3.46. The number of nitrogens with zero attached hydrogens (tertiary/aromatic N) is 1. The summed E-state index contributed by atoms with van der Waals surface area (Å²) in [6, 6.07) is 11.3. The van der Waals surface area contributed by atoms with Gasteiger partial charge in [0.2, 0.25) is 0 Å². The molecule has 0 amide bonds. The fourth-order valence-corrected chi connectivity index (χ4v) is 3.15. The number of furan rings is 1. The van der Waals surface area contributed by atoms with Gasteiger partial charge in [0.1, 0.15) is 17.1 Å². The van der Waals surface area contributed by atoms with Crippen molar-refractivity contribution in [3.05, 3.63) is 90.8 Å². The minimum atomic E-state index is -0.737. The van der Waals surface area contributed by atoms with Gasteiger partial charge in [0, 0.05) is 22.5 Å². The van der Waals surface area contributed by atoms with Crippen LogP contribution >= 0.6 is 0 Å². The van der Waals surface area contributed by atoms with Crippen molar-refractivity contribution in [2.45, 2.75) is 0 Å². The number of aromatic nitrogens is 1. The highest BCUT2D eigenvalue weighted by molar-refractivity contribution is 6.12. The summed E-state index contributed by atoms with van der Waals surface area (Å²) in [5.41, 5.74) is 1.53. The summed E-state index contributed by atoms with van der Waals surface area (Å²) in [5, 5.41) is 1.26. The number of hydrogen-bond donors (Lipinski definition) is 0. The number of fused-ring (bicyclic) bond motifs is 3. The molecule has 0 aliphatic heterocycles. The molecule has 124 valence electrons. The molecule has 3 heteroatoms. The zero-order valence-corrected chi connectivity index (χ0v) is 13.4. The normalized spacial score (nSPS) is 14.0. The van der Waals surface area contributed by atoms with Gasteiger partial charge in [-0.05, 0) is 23.8 Å². The first-order chi connectivity index (χ1) is 14.9. The summed E-state index contributed by atoms with van der Waals surface area (Å²) in [7, 11) is 0. The Kier molecular flexibility index (Phi) is 2.35. The number of pyridine rings is 1. The Morgan fingerprint density at radius 1 is 0.808 bits per heavy atom. The standard InChI is InChI=1S/C23H14FNO/c24-19-12-11-17-18-13-14-25-21(16-9-5-2-6-10-16)23(18)26-22(17)20(19)15-7-3-1-4-8-15/h1-14H/i1D,3D,4D,7D,8D. The van der Waals surface area contributed by atoms with Crippen LogP contribution in [0.4, 0.5) is 4.39 Å². The van der Waals surface area contributed by atoms with Gasteiger partial charge in [0.25, 0.3) is 0 Å². The van der Waals surface area contributed by atoms with Crippen LogP contribution in [0.1, 0.15) is 6.85 Å². The van der Waals surface area contributed by atoms with E-state index in [1.165, 1.54) is 6.07 Å².